The SMILES string of the molecule is COc1cccc(C(=O)NCCc2nc3ccccc3n2CCCCOc2ccc(Cl)c(C)c2)c1. The summed E-state index contributed by atoms with van der Waals surface area (Å²) in [6.45, 7) is 3.95. The average Bonchev–Trinajstić information content (AvgIpc) is 3.23. The van der Waals surface area contributed by atoms with Crippen molar-refractivity contribution in [2.45, 2.75) is 32.7 Å². The number of amides is 1. The Kier molecular flexibility index (Phi) is 8.27. The van der Waals surface area contributed by atoms with Crippen molar-refractivity contribution in [3.63, 3.8) is 0 Å². The highest BCUT2D eigenvalue weighted by atomic mass is 35.5. The van der Waals surface area contributed by atoms with Crippen molar-refractivity contribution in [3.8, 4) is 11.5 Å². The molecule has 182 valence electrons. The maximum Gasteiger partial charge on any atom is 0.251 e. The van der Waals surface area contributed by atoms with Crippen LogP contribution in [0.4, 0.5) is 0 Å². The Morgan fingerprint density at radius 2 is 1.89 bits per heavy atom. The molecule has 0 spiro atoms. The minimum Gasteiger partial charge on any atom is -0.497 e. The lowest BCUT2D eigenvalue weighted by Gasteiger charge is -2.11. The zero-order valence-electron chi connectivity index (χ0n) is 20.1. The number of hydrogen-bond donors (Lipinski definition) is 1. The molecule has 4 rings (SSSR count). The van der Waals surface area contributed by atoms with E-state index in [4.69, 9.17) is 26.1 Å². The second-order valence-corrected chi connectivity index (χ2v) is 8.78. The van der Waals surface area contributed by atoms with Crippen LogP contribution in [0.5, 0.6) is 11.5 Å². The maximum atomic E-state index is 12.5. The lowest BCUT2D eigenvalue weighted by atomic mass is 10.2. The van der Waals surface area contributed by atoms with E-state index in [1.165, 1.54) is 0 Å². The van der Waals surface area contributed by atoms with E-state index in [2.05, 4.69) is 16.0 Å². The number of carbonyl (C=O) groups excluding carboxylic acids is 1. The van der Waals surface area contributed by atoms with Crippen molar-refractivity contribution in [2.24, 2.45) is 0 Å². The van der Waals surface area contributed by atoms with Gasteiger partial charge >= 0.3 is 0 Å². The van der Waals surface area contributed by atoms with Crippen LogP contribution in [-0.4, -0.2) is 35.7 Å². The first-order chi connectivity index (χ1) is 17.0. The van der Waals surface area contributed by atoms with Gasteiger partial charge in [-0.2, -0.15) is 0 Å². The number of hydrogen-bond acceptors (Lipinski definition) is 4. The number of ether oxygens (including phenoxy) is 2. The topological polar surface area (TPSA) is 65.4 Å². The summed E-state index contributed by atoms with van der Waals surface area (Å²) in [7, 11) is 1.59. The summed E-state index contributed by atoms with van der Waals surface area (Å²) >= 11 is 6.09. The molecule has 0 aliphatic heterocycles. The smallest absolute Gasteiger partial charge is 0.251 e. The Morgan fingerprint density at radius 1 is 1.03 bits per heavy atom. The lowest BCUT2D eigenvalue weighted by Crippen LogP contribution is -2.26. The summed E-state index contributed by atoms with van der Waals surface area (Å²) in [5.74, 6) is 2.34. The van der Waals surface area contributed by atoms with Crippen molar-refractivity contribution in [1.29, 1.82) is 0 Å². The molecule has 3 aromatic carbocycles. The van der Waals surface area contributed by atoms with E-state index in [9.17, 15) is 4.79 Å². The van der Waals surface area contributed by atoms with Gasteiger partial charge in [0.25, 0.3) is 5.91 Å². The van der Waals surface area contributed by atoms with Gasteiger partial charge in [0.15, 0.2) is 0 Å². The third kappa shape index (κ3) is 6.34. The van der Waals surface area contributed by atoms with Gasteiger partial charge in [-0.25, -0.2) is 4.98 Å². The van der Waals surface area contributed by atoms with Gasteiger partial charge in [-0.3, -0.25) is 4.79 Å². The van der Waals surface area contributed by atoms with Crippen LogP contribution in [0.3, 0.4) is 0 Å². The number of nitrogens with one attached hydrogen (secondary N) is 1. The molecule has 1 heterocycles. The number of nitrogens with zero attached hydrogens (tertiary/aromatic N) is 2. The lowest BCUT2D eigenvalue weighted by molar-refractivity contribution is 0.0953. The van der Waals surface area contributed by atoms with Crippen LogP contribution >= 0.6 is 11.6 Å². The van der Waals surface area contributed by atoms with E-state index < -0.39 is 0 Å². The molecule has 1 aromatic heterocycles. The number of imidazole rings is 1. The first-order valence-electron chi connectivity index (χ1n) is 11.8. The number of unbranched alkanes of at least 4 members (excludes halogenated alkanes) is 1. The molecule has 1 amide bonds. The van der Waals surface area contributed by atoms with Crippen LogP contribution in [0.1, 0.15) is 34.6 Å². The average molecular weight is 492 g/mol. The normalized spacial score (nSPS) is 10.9. The van der Waals surface area contributed by atoms with Gasteiger partial charge in [-0.05, 0) is 73.9 Å². The van der Waals surface area contributed by atoms with Gasteiger partial charge in [0.1, 0.15) is 17.3 Å². The van der Waals surface area contributed by atoms with Gasteiger partial charge in [0.2, 0.25) is 0 Å². The first kappa shape index (κ1) is 24.6. The van der Waals surface area contributed by atoms with Crippen molar-refractivity contribution >= 4 is 28.5 Å². The van der Waals surface area contributed by atoms with Crippen LogP contribution < -0.4 is 14.8 Å². The van der Waals surface area contributed by atoms with E-state index in [0.717, 1.165) is 52.6 Å². The third-order valence-corrected chi connectivity index (χ3v) is 6.30. The fourth-order valence-corrected chi connectivity index (χ4v) is 4.11. The number of halogens is 1. The summed E-state index contributed by atoms with van der Waals surface area (Å²) < 4.78 is 13.3. The molecule has 0 aliphatic rings. The van der Waals surface area contributed by atoms with Gasteiger partial charge in [0, 0.05) is 30.1 Å². The zero-order chi connectivity index (χ0) is 24.6. The highest BCUT2D eigenvalue weighted by Gasteiger charge is 2.12. The minimum absolute atomic E-state index is 0.124. The molecule has 0 unspecified atom stereocenters. The summed E-state index contributed by atoms with van der Waals surface area (Å²) in [4.78, 5) is 17.4. The molecule has 0 aliphatic carbocycles. The fraction of sp³-hybridized carbons (Fsp3) is 0.286. The molecule has 4 aromatic rings. The number of carbonyl (C=O) groups is 1. The number of benzene rings is 3. The standard InChI is InChI=1S/C28H30ClN3O3/c1-20-18-23(12-13-24(20)29)35-17-6-5-16-32-26-11-4-3-10-25(26)31-27(32)14-15-30-28(33)21-8-7-9-22(19-21)34-2/h3-4,7-13,18-19H,5-6,14-17H2,1-2H3,(H,30,33). The Labute approximate surface area is 210 Å². The first-order valence-corrected chi connectivity index (χ1v) is 12.2. The highest BCUT2D eigenvalue weighted by molar-refractivity contribution is 6.31. The molecule has 35 heavy (non-hydrogen) atoms. The number of fused-ring (bicyclic) bond motifs is 1. The zero-order valence-corrected chi connectivity index (χ0v) is 20.8. The molecule has 0 saturated carbocycles. The van der Waals surface area contributed by atoms with Crippen molar-refractivity contribution in [3.05, 3.63) is 88.7 Å². The van der Waals surface area contributed by atoms with Gasteiger partial charge < -0.3 is 19.4 Å². The molecular formula is C28H30ClN3O3. The van der Waals surface area contributed by atoms with Crippen LogP contribution in [0.15, 0.2) is 66.7 Å². The molecule has 0 saturated heterocycles. The Morgan fingerprint density at radius 3 is 2.71 bits per heavy atom. The predicted molar refractivity (Wildman–Crippen MR) is 140 cm³/mol. The second-order valence-electron chi connectivity index (χ2n) is 8.37. The van der Waals surface area contributed by atoms with Gasteiger partial charge in [-0.15, -0.1) is 0 Å². The van der Waals surface area contributed by atoms with Crippen molar-refractivity contribution in [1.82, 2.24) is 14.9 Å². The van der Waals surface area contributed by atoms with Crippen LogP contribution in [0, 0.1) is 6.92 Å². The second kappa shape index (κ2) is 11.8. The van der Waals surface area contributed by atoms with Crippen LogP contribution in [-0.2, 0) is 13.0 Å². The van der Waals surface area contributed by atoms with Crippen LogP contribution in [0.2, 0.25) is 5.02 Å². The summed E-state index contributed by atoms with van der Waals surface area (Å²) in [6, 6.07) is 21.0. The third-order valence-electron chi connectivity index (χ3n) is 5.87. The van der Waals surface area contributed by atoms with E-state index >= 15 is 0 Å². The van der Waals surface area contributed by atoms with E-state index in [0.29, 0.717) is 30.9 Å². The quantitative estimate of drug-likeness (QED) is 0.268. The van der Waals surface area contributed by atoms with Gasteiger partial charge in [0.05, 0.1) is 24.8 Å². The van der Waals surface area contributed by atoms with Crippen LogP contribution in [0.25, 0.3) is 11.0 Å². The number of aromatic nitrogens is 2. The Hall–Kier alpha value is -3.51. The van der Waals surface area contributed by atoms with Crippen molar-refractivity contribution in [2.75, 3.05) is 20.3 Å². The van der Waals surface area contributed by atoms with E-state index in [1.807, 2.05) is 55.5 Å². The molecule has 0 radical (unpaired) electrons. The fourth-order valence-electron chi connectivity index (χ4n) is 3.99. The molecular weight excluding hydrogens is 462 g/mol. The number of methoxy groups -OCH3 is 1. The molecule has 0 bridgehead atoms. The molecule has 7 heteroatoms. The predicted octanol–water partition coefficient (Wildman–Crippen LogP) is 5.84. The minimum atomic E-state index is -0.124. The van der Waals surface area contributed by atoms with E-state index in [-0.39, 0.29) is 5.91 Å². The molecule has 0 fully saturated rings. The Balaban J connectivity index is 1.33. The summed E-state index contributed by atoms with van der Waals surface area (Å²) in [5, 5.41) is 3.74. The molecule has 6 nitrogen and oxygen atoms in total. The largest absolute Gasteiger partial charge is 0.497 e. The number of rotatable bonds is 11. The monoisotopic (exact) mass is 491 g/mol. The number of para-hydroxylation sites is 2. The maximum absolute atomic E-state index is 12.5. The highest BCUT2D eigenvalue weighted by Crippen LogP contribution is 2.22. The Bertz CT molecular complexity index is 1300. The summed E-state index contributed by atoms with van der Waals surface area (Å²) in [5.41, 5.74) is 3.66. The molecule has 0 atom stereocenters. The number of aryl methyl sites for hydroxylation is 2. The summed E-state index contributed by atoms with van der Waals surface area (Å²) in [6.07, 6.45) is 2.52. The van der Waals surface area contributed by atoms with E-state index in [1.54, 1.807) is 19.2 Å². The van der Waals surface area contributed by atoms with Crippen molar-refractivity contribution < 1.29 is 14.3 Å². The van der Waals surface area contributed by atoms with Gasteiger partial charge in [-0.1, -0.05) is 29.8 Å². The molecule has 1 N–H and O–H groups in total.